The van der Waals surface area contributed by atoms with Crippen LogP contribution in [-0.4, -0.2) is 63.1 Å². The van der Waals surface area contributed by atoms with E-state index in [0.717, 1.165) is 16.0 Å². The van der Waals surface area contributed by atoms with Crippen molar-refractivity contribution in [2.75, 3.05) is 39.2 Å². The predicted octanol–water partition coefficient (Wildman–Crippen LogP) is 4.73. The summed E-state index contributed by atoms with van der Waals surface area (Å²) in [6.07, 6.45) is -1.07. The van der Waals surface area contributed by atoms with Crippen molar-refractivity contribution >= 4 is 35.3 Å². The number of amides is 1. The van der Waals surface area contributed by atoms with Gasteiger partial charge in [0, 0.05) is 24.9 Å². The van der Waals surface area contributed by atoms with E-state index in [-0.39, 0.29) is 12.5 Å². The fourth-order valence-electron chi connectivity index (χ4n) is 4.22. The molecule has 1 aliphatic rings. The molecule has 204 valence electrons. The molecule has 0 radical (unpaired) electrons. The zero-order valence-electron chi connectivity index (χ0n) is 22.5. The van der Waals surface area contributed by atoms with Crippen molar-refractivity contribution in [3.05, 3.63) is 89.5 Å². The molecule has 0 aliphatic carbocycles. The van der Waals surface area contributed by atoms with Crippen molar-refractivity contribution in [1.29, 1.82) is 0 Å². The third-order valence-electron chi connectivity index (χ3n) is 6.24. The number of fused-ring (bicyclic) bond motifs is 1. The average Bonchev–Trinajstić information content (AvgIpc) is 3.04. The number of anilines is 1. The Kier molecular flexibility index (Phi) is 9.27. The molecule has 8 nitrogen and oxygen atoms in total. The Balaban J connectivity index is 1.72. The number of hydrogen-bond acceptors (Lipinski definition) is 8. The molecule has 0 fully saturated rings. The van der Waals surface area contributed by atoms with E-state index in [4.69, 9.17) is 14.2 Å². The first-order chi connectivity index (χ1) is 18.8. The number of nitrogens with zero attached hydrogens (tertiary/aromatic N) is 2. The van der Waals surface area contributed by atoms with Gasteiger partial charge in [-0.25, -0.2) is 4.79 Å². The summed E-state index contributed by atoms with van der Waals surface area (Å²) in [6, 6.07) is 22.0. The molecule has 1 aliphatic heterocycles. The van der Waals surface area contributed by atoms with Gasteiger partial charge in [0.05, 0.1) is 23.6 Å². The number of rotatable bonds is 9. The summed E-state index contributed by atoms with van der Waals surface area (Å²) in [4.78, 5) is 43.5. The molecule has 0 N–H and O–H groups in total. The summed E-state index contributed by atoms with van der Waals surface area (Å²) in [5, 5.41) is -0.508. The molecular weight excluding hydrogens is 516 g/mol. The van der Waals surface area contributed by atoms with Crippen LogP contribution >= 0.6 is 11.8 Å². The molecule has 4 rings (SSSR count). The van der Waals surface area contributed by atoms with Gasteiger partial charge in [0.1, 0.15) is 12.4 Å². The van der Waals surface area contributed by atoms with Crippen LogP contribution in [0.2, 0.25) is 0 Å². The van der Waals surface area contributed by atoms with Crippen molar-refractivity contribution in [3.8, 4) is 5.75 Å². The quantitative estimate of drug-likeness (QED) is 0.355. The van der Waals surface area contributed by atoms with E-state index in [9.17, 15) is 14.4 Å². The van der Waals surface area contributed by atoms with Gasteiger partial charge in [0.2, 0.25) is 0 Å². The molecule has 0 spiro atoms. The zero-order chi connectivity index (χ0) is 27.9. The normalized spacial score (nSPS) is 16.8. The minimum atomic E-state index is -1.07. The Bertz CT molecular complexity index is 1310. The van der Waals surface area contributed by atoms with Crippen LogP contribution in [0.1, 0.15) is 33.7 Å². The van der Waals surface area contributed by atoms with Crippen molar-refractivity contribution in [1.82, 2.24) is 4.90 Å². The number of benzene rings is 3. The molecule has 1 amide bonds. The highest BCUT2D eigenvalue weighted by molar-refractivity contribution is 7.99. The molecule has 39 heavy (non-hydrogen) atoms. The molecule has 2 atom stereocenters. The molecule has 9 heteroatoms. The Morgan fingerprint density at radius 1 is 1.00 bits per heavy atom. The molecule has 3 aromatic carbocycles. The van der Waals surface area contributed by atoms with Gasteiger partial charge in [-0.2, -0.15) is 0 Å². The van der Waals surface area contributed by atoms with Crippen LogP contribution < -0.4 is 9.64 Å². The minimum absolute atomic E-state index is 0.142. The second-order valence-electron chi connectivity index (χ2n) is 9.38. The maximum atomic E-state index is 14.0. The number of ether oxygens (including phenoxy) is 3. The highest BCUT2D eigenvalue weighted by Crippen LogP contribution is 2.47. The fourth-order valence-corrected chi connectivity index (χ4v) is 5.52. The number of hydrogen-bond donors (Lipinski definition) is 0. The number of carbonyl (C=O) groups excluding carboxylic acids is 3. The largest absolute Gasteiger partial charge is 0.497 e. The summed E-state index contributed by atoms with van der Waals surface area (Å²) >= 11 is 1.42. The van der Waals surface area contributed by atoms with E-state index in [0.29, 0.717) is 30.1 Å². The van der Waals surface area contributed by atoms with Gasteiger partial charge in [-0.05, 0) is 55.6 Å². The van der Waals surface area contributed by atoms with Crippen LogP contribution in [0.4, 0.5) is 5.69 Å². The van der Waals surface area contributed by atoms with Crippen LogP contribution in [-0.2, 0) is 25.7 Å². The molecule has 0 unspecified atom stereocenters. The van der Waals surface area contributed by atoms with Crippen LogP contribution in [0.3, 0.4) is 0 Å². The fraction of sp³-hybridized carbons (Fsp3) is 0.300. The van der Waals surface area contributed by atoms with Crippen molar-refractivity contribution in [3.63, 3.8) is 0 Å². The Morgan fingerprint density at radius 2 is 1.72 bits per heavy atom. The maximum Gasteiger partial charge on any atom is 0.338 e. The first kappa shape index (κ1) is 28.2. The monoisotopic (exact) mass is 548 g/mol. The lowest BCUT2D eigenvalue weighted by atomic mass is 10.1. The third-order valence-corrected chi connectivity index (χ3v) is 7.62. The maximum absolute atomic E-state index is 14.0. The summed E-state index contributed by atoms with van der Waals surface area (Å²) in [7, 11) is 5.42. The van der Waals surface area contributed by atoms with Gasteiger partial charge in [-0.1, -0.05) is 42.5 Å². The second kappa shape index (κ2) is 12.8. The lowest BCUT2D eigenvalue weighted by Crippen LogP contribution is -2.45. The van der Waals surface area contributed by atoms with Gasteiger partial charge in [0.25, 0.3) is 5.91 Å². The summed E-state index contributed by atoms with van der Waals surface area (Å²) < 4.78 is 16.5. The van der Waals surface area contributed by atoms with Gasteiger partial charge in [0.15, 0.2) is 6.10 Å². The van der Waals surface area contributed by atoms with Crippen molar-refractivity contribution < 1.29 is 28.6 Å². The van der Waals surface area contributed by atoms with E-state index >= 15 is 0 Å². The number of likely N-dealkylation sites (N-methyl/N-ethyl adjacent to an activating group) is 1. The van der Waals surface area contributed by atoms with Crippen LogP contribution in [0.15, 0.2) is 77.7 Å². The van der Waals surface area contributed by atoms with Gasteiger partial charge < -0.3 is 24.0 Å². The number of esters is 2. The lowest BCUT2D eigenvalue weighted by Gasteiger charge is -2.28. The van der Waals surface area contributed by atoms with Crippen LogP contribution in [0, 0.1) is 0 Å². The molecule has 3 aromatic rings. The van der Waals surface area contributed by atoms with E-state index in [2.05, 4.69) is 0 Å². The summed E-state index contributed by atoms with van der Waals surface area (Å²) in [5.41, 5.74) is 2.60. The van der Waals surface area contributed by atoms with Gasteiger partial charge in [-0.3, -0.25) is 9.59 Å². The minimum Gasteiger partial charge on any atom is -0.497 e. The van der Waals surface area contributed by atoms with Gasteiger partial charge in [-0.15, -0.1) is 11.8 Å². The van der Waals surface area contributed by atoms with Crippen LogP contribution in [0.5, 0.6) is 5.75 Å². The van der Waals surface area contributed by atoms with Crippen molar-refractivity contribution in [2.24, 2.45) is 0 Å². The topological polar surface area (TPSA) is 85.4 Å². The van der Waals surface area contributed by atoms with Crippen LogP contribution in [0.25, 0.3) is 0 Å². The highest BCUT2D eigenvalue weighted by atomic mass is 32.2. The predicted molar refractivity (Wildman–Crippen MR) is 150 cm³/mol. The molecule has 0 aromatic heterocycles. The SMILES string of the molecule is COc1ccc([C@@H]2Sc3ccc(C(=O)OCc4ccccc4)cc3N(CCN(C)C)C(=O)[C@@H]2OC(C)=O)cc1. The second-order valence-corrected chi connectivity index (χ2v) is 10.6. The summed E-state index contributed by atoms with van der Waals surface area (Å²) in [5.74, 6) is -0.705. The number of methoxy groups -OCH3 is 1. The van der Waals surface area contributed by atoms with E-state index in [1.807, 2.05) is 79.7 Å². The molecule has 0 saturated carbocycles. The third kappa shape index (κ3) is 6.99. The smallest absolute Gasteiger partial charge is 0.338 e. The van der Waals surface area contributed by atoms with Crippen molar-refractivity contribution in [2.45, 2.75) is 29.8 Å². The number of carbonyl (C=O) groups is 3. The first-order valence-electron chi connectivity index (χ1n) is 12.6. The van der Waals surface area contributed by atoms with E-state index in [1.54, 1.807) is 24.1 Å². The average molecular weight is 549 g/mol. The molecule has 0 bridgehead atoms. The van der Waals surface area contributed by atoms with E-state index in [1.165, 1.54) is 18.7 Å². The Labute approximate surface area is 232 Å². The molecular formula is C30H32N2O6S. The zero-order valence-corrected chi connectivity index (χ0v) is 23.3. The number of thioether (sulfide) groups is 1. The lowest BCUT2D eigenvalue weighted by molar-refractivity contribution is -0.152. The molecule has 1 heterocycles. The molecule has 0 saturated heterocycles. The standard InChI is InChI=1S/C30H32N2O6S/c1-20(33)38-27-28(22-10-13-24(36-4)14-11-22)39-26-15-12-23(30(35)37-19-21-8-6-5-7-9-21)18-25(26)32(29(27)34)17-16-31(2)3/h5-15,18,27-28H,16-17,19H2,1-4H3/t27-,28+/m1/s1. The van der Waals surface area contributed by atoms with Gasteiger partial charge >= 0.3 is 11.9 Å². The summed E-state index contributed by atoms with van der Waals surface area (Å²) in [6.45, 7) is 2.35. The Morgan fingerprint density at radius 3 is 2.36 bits per heavy atom. The first-order valence-corrected chi connectivity index (χ1v) is 13.4. The highest BCUT2D eigenvalue weighted by Gasteiger charge is 2.41. The Hall–Kier alpha value is -3.82. The van der Waals surface area contributed by atoms with E-state index < -0.39 is 23.3 Å².